The van der Waals surface area contributed by atoms with Crippen LogP contribution < -0.4 is 5.32 Å². The highest BCUT2D eigenvalue weighted by atomic mass is 16.2. The molecule has 5 nitrogen and oxygen atoms in total. The van der Waals surface area contributed by atoms with Crippen molar-refractivity contribution in [3.63, 3.8) is 0 Å². The van der Waals surface area contributed by atoms with E-state index in [1.54, 1.807) is 31.3 Å². The van der Waals surface area contributed by atoms with Gasteiger partial charge in [-0.25, -0.2) is 0 Å². The Hall–Kier alpha value is -2.92. The number of carbonyl (C=O) groups is 2. The molecule has 0 aromatic heterocycles. The molecule has 0 atom stereocenters. The number of piperazine rings is 1. The summed E-state index contributed by atoms with van der Waals surface area (Å²) in [6, 6.07) is 17.7. The summed E-state index contributed by atoms with van der Waals surface area (Å²) >= 11 is 0. The van der Waals surface area contributed by atoms with Crippen molar-refractivity contribution in [1.82, 2.24) is 15.1 Å². The first-order valence-electron chi connectivity index (χ1n) is 9.71. The predicted molar refractivity (Wildman–Crippen MR) is 112 cm³/mol. The molecule has 2 aromatic carbocycles. The highest BCUT2D eigenvalue weighted by Crippen LogP contribution is 2.09. The van der Waals surface area contributed by atoms with Gasteiger partial charge < -0.3 is 10.2 Å². The molecule has 1 saturated heterocycles. The molecule has 3 rings (SSSR count). The first-order chi connectivity index (χ1) is 13.7. The minimum absolute atomic E-state index is 0.0399. The van der Waals surface area contributed by atoms with Crippen molar-refractivity contribution in [2.75, 3.05) is 39.8 Å². The van der Waals surface area contributed by atoms with Gasteiger partial charge in [-0.05, 0) is 35.8 Å². The number of nitrogens with zero attached hydrogens (tertiary/aromatic N) is 2. The van der Waals surface area contributed by atoms with Gasteiger partial charge in [0.2, 0.25) is 5.91 Å². The van der Waals surface area contributed by atoms with E-state index in [4.69, 9.17) is 0 Å². The van der Waals surface area contributed by atoms with Gasteiger partial charge in [0.05, 0.1) is 0 Å². The lowest BCUT2D eigenvalue weighted by molar-refractivity contribution is -0.127. The maximum absolute atomic E-state index is 12.4. The summed E-state index contributed by atoms with van der Waals surface area (Å²) in [5.74, 6) is -0.0742. The zero-order valence-corrected chi connectivity index (χ0v) is 16.3. The van der Waals surface area contributed by atoms with Gasteiger partial charge in [0, 0.05) is 51.4 Å². The van der Waals surface area contributed by atoms with Crippen LogP contribution in [-0.4, -0.2) is 61.4 Å². The fraction of sp³-hybridized carbons (Fsp3) is 0.304. The molecule has 0 aliphatic carbocycles. The zero-order valence-electron chi connectivity index (χ0n) is 16.3. The number of nitrogens with one attached hydrogen (secondary N) is 1. The van der Waals surface area contributed by atoms with Crippen LogP contribution in [0.4, 0.5) is 0 Å². The summed E-state index contributed by atoms with van der Waals surface area (Å²) in [7, 11) is 1.61. The SMILES string of the molecule is CNC(=O)c1ccc(/C=C/C(=O)N2CCN(CCc3ccccc3)CC2)cc1. The van der Waals surface area contributed by atoms with Crippen LogP contribution in [0.3, 0.4) is 0 Å². The third-order valence-corrected chi connectivity index (χ3v) is 5.06. The molecule has 0 saturated carbocycles. The number of hydrogen-bond acceptors (Lipinski definition) is 3. The Labute approximate surface area is 166 Å². The van der Waals surface area contributed by atoms with Gasteiger partial charge >= 0.3 is 0 Å². The second-order valence-corrected chi connectivity index (χ2v) is 6.94. The minimum atomic E-state index is -0.114. The van der Waals surface area contributed by atoms with E-state index >= 15 is 0 Å². The van der Waals surface area contributed by atoms with Gasteiger partial charge in [0.1, 0.15) is 0 Å². The molecule has 2 aromatic rings. The van der Waals surface area contributed by atoms with Gasteiger partial charge in [-0.1, -0.05) is 42.5 Å². The smallest absolute Gasteiger partial charge is 0.251 e. The Balaban J connectivity index is 1.44. The lowest BCUT2D eigenvalue weighted by Gasteiger charge is -2.34. The third kappa shape index (κ3) is 5.54. The first-order valence-corrected chi connectivity index (χ1v) is 9.71. The van der Waals surface area contributed by atoms with E-state index in [9.17, 15) is 9.59 Å². The molecule has 0 bridgehead atoms. The topological polar surface area (TPSA) is 52.7 Å². The summed E-state index contributed by atoms with van der Waals surface area (Å²) in [5.41, 5.74) is 2.87. The normalized spacial score (nSPS) is 15.0. The second-order valence-electron chi connectivity index (χ2n) is 6.94. The summed E-state index contributed by atoms with van der Waals surface area (Å²) in [6.45, 7) is 4.36. The summed E-state index contributed by atoms with van der Waals surface area (Å²) in [6.07, 6.45) is 4.47. The Kier molecular flexibility index (Phi) is 6.98. The van der Waals surface area contributed by atoms with Gasteiger partial charge in [0.25, 0.3) is 5.91 Å². The molecule has 1 aliphatic rings. The fourth-order valence-electron chi connectivity index (χ4n) is 3.29. The third-order valence-electron chi connectivity index (χ3n) is 5.06. The van der Waals surface area contributed by atoms with Crippen LogP contribution in [0.25, 0.3) is 6.08 Å². The second kappa shape index (κ2) is 9.85. The Morgan fingerprint density at radius 3 is 2.29 bits per heavy atom. The van der Waals surface area contributed by atoms with Crippen LogP contribution in [0.1, 0.15) is 21.5 Å². The molecule has 28 heavy (non-hydrogen) atoms. The van der Waals surface area contributed by atoms with E-state index in [-0.39, 0.29) is 11.8 Å². The Bertz CT molecular complexity index is 808. The molecule has 0 spiro atoms. The van der Waals surface area contributed by atoms with Crippen molar-refractivity contribution in [2.24, 2.45) is 0 Å². The maximum Gasteiger partial charge on any atom is 0.251 e. The lowest BCUT2D eigenvalue weighted by atomic mass is 10.1. The molecule has 1 heterocycles. The van der Waals surface area contributed by atoms with Crippen molar-refractivity contribution in [3.8, 4) is 0 Å². The first kappa shape index (κ1) is 19.8. The highest BCUT2D eigenvalue weighted by molar-refractivity contribution is 5.94. The molecule has 0 radical (unpaired) electrons. The van der Waals surface area contributed by atoms with Crippen molar-refractivity contribution < 1.29 is 9.59 Å². The molecule has 1 N–H and O–H groups in total. The average molecular weight is 377 g/mol. The minimum Gasteiger partial charge on any atom is -0.355 e. The van der Waals surface area contributed by atoms with Gasteiger partial charge in [-0.2, -0.15) is 0 Å². The predicted octanol–water partition coefficient (Wildman–Crippen LogP) is 2.45. The van der Waals surface area contributed by atoms with Crippen LogP contribution in [0, 0.1) is 0 Å². The van der Waals surface area contributed by atoms with Crippen LogP contribution in [0.2, 0.25) is 0 Å². The fourth-order valence-corrected chi connectivity index (χ4v) is 3.29. The average Bonchev–Trinajstić information content (AvgIpc) is 2.77. The van der Waals surface area contributed by atoms with Crippen molar-refractivity contribution in [2.45, 2.75) is 6.42 Å². The van der Waals surface area contributed by atoms with E-state index in [1.165, 1.54) is 5.56 Å². The number of hydrogen-bond donors (Lipinski definition) is 1. The largest absolute Gasteiger partial charge is 0.355 e. The Morgan fingerprint density at radius 1 is 0.964 bits per heavy atom. The van der Waals surface area contributed by atoms with E-state index in [0.29, 0.717) is 5.56 Å². The zero-order chi connectivity index (χ0) is 19.8. The van der Waals surface area contributed by atoms with Gasteiger partial charge in [0.15, 0.2) is 0 Å². The van der Waals surface area contributed by atoms with Crippen molar-refractivity contribution in [1.29, 1.82) is 0 Å². The number of amides is 2. The van der Waals surface area contributed by atoms with Crippen LogP contribution in [-0.2, 0) is 11.2 Å². The summed E-state index contributed by atoms with van der Waals surface area (Å²) < 4.78 is 0. The quantitative estimate of drug-likeness (QED) is 0.787. The lowest BCUT2D eigenvalue weighted by Crippen LogP contribution is -2.48. The molecule has 2 amide bonds. The molecule has 146 valence electrons. The van der Waals surface area contributed by atoms with E-state index < -0.39 is 0 Å². The van der Waals surface area contributed by atoms with E-state index in [1.807, 2.05) is 23.1 Å². The maximum atomic E-state index is 12.4. The number of benzene rings is 2. The van der Waals surface area contributed by atoms with Crippen LogP contribution in [0.15, 0.2) is 60.7 Å². The number of carbonyl (C=O) groups excluding carboxylic acids is 2. The molecular weight excluding hydrogens is 350 g/mol. The van der Waals surface area contributed by atoms with Gasteiger partial charge in [-0.15, -0.1) is 0 Å². The molecule has 5 heteroatoms. The monoisotopic (exact) mass is 377 g/mol. The van der Waals surface area contributed by atoms with E-state index in [2.05, 4.69) is 34.5 Å². The van der Waals surface area contributed by atoms with Crippen molar-refractivity contribution in [3.05, 3.63) is 77.4 Å². The van der Waals surface area contributed by atoms with Crippen LogP contribution in [0.5, 0.6) is 0 Å². The standard InChI is InChI=1S/C23H27N3O2/c1-24-23(28)21-10-7-20(8-11-21)9-12-22(27)26-17-15-25(16-18-26)14-13-19-5-3-2-4-6-19/h2-12H,13-18H2,1H3,(H,24,28)/b12-9+. The molecule has 1 fully saturated rings. The Morgan fingerprint density at radius 2 is 1.64 bits per heavy atom. The van der Waals surface area contributed by atoms with Gasteiger partial charge in [-0.3, -0.25) is 14.5 Å². The summed E-state index contributed by atoms with van der Waals surface area (Å²) in [5, 5.41) is 2.59. The molecule has 0 unspecified atom stereocenters. The number of rotatable bonds is 6. The molecular formula is C23H27N3O2. The van der Waals surface area contributed by atoms with Crippen LogP contribution >= 0.6 is 0 Å². The van der Waals surface area contributed by atoms with Crippen molar-refractivity contribution >= 4 is 17.9 Å². The highest BCUT2D eigenvalue weighted by Gasteiger charge is 2.19. The van der Waals surface area contributed by atoms with E-state index in [0.717, 1.165) is 44.7 Å². The summed E-state index contributed by atoms with van der Waals surface area (Å²) in [4.78, 5) is 28.3. The molecule has 1 aliphatic heterocycles.